The van der Waals surface area contributed by atoms with Crippen LogP contribution in [0.25, 0.3) is 0 Å². The van der Waals surface area contributed by atoms with Crippen molar-refractivity contribution in [2.45, 2.75) is 19.8 Å². The Kier molecular flexibility index (Phi) is 35.3. The zero-order valence-corrected chi connectivity index (χ0v) is 4.79. The van der Waals surface area contributed by atoms with Crippen molar-refractivity contribution in [2.75, 3.05) is 6.61 Å². The van der Waals surface area contributed by atoms with E-state index in [4.69, 9.17) is 5.11 Å². The molecule has 0 rings (SSSR count). The van der Waals surface area contributed by atoms with E-state index < -0.39 is 0 Å². The second-order valence-corrected chi connectivity index (χ2v) is 1.08. The molecule has 7 heavy (non-hydrogen) atoms. The van der Waals surface area contributed by atoms with Gasteiger partial charge in [0, 0.05) is 6.61 Å². The molecule has 0 spiro atoms. The van der Waals surface area contributed by atoms with Crippen LogP contribution in [-0.2, 0) is 0 Å². The third-order valence-electron chi connectivity index (χ3n) is 0.512. The first-order valence-electron chi connectivity index (χ1n) is 2.02. The zero-order chi connectivity index (χ0) is 4.12. The average Bonchev–Trinajstić information content (AvgIpc) is 1.41. The Balaban J connectivity index is -0.0000000800. The topological polar surface area (TPSA) is 20.2 Å². The van der Waals surface area contributed by atoms with Gasteiger partial charge in [-0.2, -0.15) is 0 Å². The molecule has 0 aliphatic heterocycles. The van der Waals surface area contributed by atoms with Crippen LogP contribution in [0.15, 0.2) is 0 Å². The van der Waals surface area contributed by atoms with Gasteiger partial charge in [0.25, 0.3) is 0 Å². The summed E-state index contributed by atoms with van der Waals surface area (Å²) < 4.78 is 0. The van der Waals surface area contributed by atoms with Gasteiger partial charge in [0.2, 0.25) is 0 Å². The van der Waals surface area contributed by atoms with Crippen LogP contribution in [0.5, 0.6) is 0 Å². The fourth-order valence-electron chi connectivity index (χ4n) is 0.158. The second kappa shape index (κ2) is 15.8. The van der Waals surface area contributed by atoms with Crippen molar-refractivity contribution < 1.29 is 5.11 Å². The summed E-state index contributed by atoms with van der Waals surface area (Å²) in [4.78, 5) is 0. The molecule has 0 atom stereocenters. The van der Waals surface area contributed by atoms with Gasteiger partial charge in [0.1, 0.15) is 0 Å². The molecular formula is C4H14ClGaO. The predicted octanol–water partition coefficient (Wildman–Crippen LogP) is 0.0167. The minimum absolute atomic E-state index is 0. The molecule has 1 nitrogen and oxygen atoms in total. The summed E-state index contributed by atoms with van der Waals surface area (Å²) in [6, 6.07) is 0. The fourth-order valence-corrected chi connectivity index (χ4v) is 0.158. The molecule has 0 aromatic heterocycles. The molecular weight excluding hydrogens is 169 g/mol. The van der Waals surface area contributed by atoms with E-state index in [1.807, 2.05) is 0 Å². The fraction of sp³-hybridized carbons (Fsp3) is 1.00. The zero-order valence-electron chi connectivity index (χ0n) is 3.98. The van der Waals surface area contributed by atoms with Crippen molar-refractivity contribution in [3.05, 3.63) is 0 Å². The summed E-state index contributed by atoms with van der Waals surface area (Å²) in [5, 5.41) is 8.07. The van der Waals surface area contributed by atoms with Gasteiger partial charge < -0.3 is 5.11 Å². The molecule has 1 N–H and O–H groups in total. The number of aliphatic hydroxyl groups is 1. The molecule has 3 heteroatoms. The molecule has 46 valence electrons. The van der Waals surface area contributed by atoms with E-state index in [0.29, 0.717) is 6.61 Å². The van der Waals surface area contributed by atoms with Crippen molar-refractivity contribution in [2.24, 2.45) is 0 Å². The van der Waals surface area contributed by atoms with Crippen LogP contribution in [0.2, 0.25) is 0 Å². The summed E-state index contributed by atoms with van der Waals surface area (Å²) in [5.74, 6) is 0. The average molecular weight is 183 g/mol. The number of aliphatic hydroxyl groups excluding tert-OH is 1. The number of unbranched alkanes of at least 4 members (excludes halogenated alkanes) is 1. The number of hydrogen-bond acceptors (Lipinski definition) is 1. The minimum atomic E-state index is 0. The quantitative estimate of drug-likeness (QED) is 0.598. The maximum absolute atomic E-state index is 8.07. The van der Waals surface area contributed by atoms with Gasteiger partial charge in [-0.15, -0.1) is 12.4 Å². The third kappa shape index (κ3) is 19.7. The van der Waals surface area contributed by atoms with Crippen LogP contribution >= 0.6 is 12.4 Å². The molecule has 0 unspecified atom stereocenters. The van der Waals surface area contributed by atoms with Gasteiger partial charge in [-0.25, -0.2) is 0 Å². The van der Waals surface area contributed by atoms with Crippen molar-refractivity contribution in [1.29, 1.82) is 0 Å². The Morgan fingerprint density at radius 2 is 1.86 bits per heavy atom. The van der Waals surface area contributed by atoms with Gasteiger partial charge in [-0.3, -0.25) is 0 Å². The van der Waals surface area contributed by atoms with Crippen LogP contribution in [0.1, 0.15) is 19.8 Å². The van der Waals surface area contributed by atoms with Crippen molar-refractivity contribution in [3.63, 3.8) is 0 Å². The first-order valence-corrected chi connectivity index (χ1v) is 2.02. The van der Waals surface area contributed by atoms with E-state index in [-0.39, 0.29) is 32.2 Å². The van der Waals surface area contributed by atoms with Crippen molar-refractivity contribution in [3.8, 4) is 0 Å². The molecule has 0 aliphatic rings. The van der Waals surface area contributed by atoms with Crippen LogP contribution < -0.4 is 0 Å². The van der Waals surface area contributed by atoms with Crippen LogP contribution in [0, 0.1) is 0 Å². The van der Waals surface area contributed by atoms with E-state index in [2.05, 4.69) is 6.92 Å². The second-order valence-electron chi connectivity index (χ2n) is 1.08. The summed E-state index contributed by atoms with van der Waals surface area (Å²) in [5.41, 5.74) is 0. The van der Waals surface area contributed by atoms with E-state index in [1.165, 1.54) is 0 Å². The summed E-state index contributed by atoms with van der Waals surface area (Å²) >= 11 is 0. The molecule has 0 fully saturated rings. The van der Waals surface area contributed by atoms with E-state index in [9.17, 15) is 0 Å². The van der Waals surface area contributed by atoms with Gasteiger partial charge in [-0.05, 0) is 6.42 Å². The molecule has 0 bridgehead atoms. The maximum atomic E-state index is 8.07. The summed E-state index contributed by atoms with van der Waals surface area (Å²) in [7, 11) is 0. The first-order chi connectivity index (χ1) is 2.41. The number of rotatable bonds is 2. The monoisotopic (exact) mass is 182 g/mol. The molecule has 0 aliphatic carbocycles. The Morgan fingerprint density at radius 1 is 1.43 bits per heavy atom. The van der Waals surface area contributed by atoms with Crippen molar-refractivity contribution in [1.82, 2.24) is 0 Å². The molecule has 0 radical (unpaired) electrons. The van der Waals surface area contributed by atoms with Crippen LogP contribution in [0.4, 0.5) is 0 Å². The molecule has 0 heterocycles. The molecule has 0 saturated carbocycles. The first kappa shape index (κ1) is 15.7. The van der Waals surface area contributed by atoms with Gasteiger partial charge in [0.15, 0.2) is 0 Å². The standard InChI is InChI=1S/C4H10O.ClH.Ga.3H/c1-2-3-4-5;;;;;/h5H,2-4H2,1H3;1H;;;;. The number of hydrogen-bond donors (Lipinski definition) is 1. The molecule has 0 aromatic carbocycles. The Bertz CT molecular complexity index is 19.2. The van der Waals surface area contributed by atoms with Gasteiger partial charge in [0.05, 0.1) is 0 Å². The third-order valence-corrected chi connectivity index (χ3v) is 0.512. The normalized spacial score (nSPS) is 6.00. The van der Waals surface area contributed by atoms with Crippen LogP contribution in [0.3, 0.4) is 0 Å². The Hall–Kier alpha value is 0.886. The summed E-state index contributed by atoms with van der Waals surface area (Å²) in [6.45, 7) is 2.40. The summed E-state index contributed by atoms with van der Waals surface area (Å²) in [6.07, 6.45) is 2.04. The van der Waals surface area contributed by atoms with E-state index in [1.54, 1.807) is 0 Å². The Morgan fingerprint density at radius 3 is 1.86 bits per heavy atom. The predicted molar refractivity (Wildman–Crippen MR) is 39.2 cm³/mol. The number of halogens is 1. The Labute approximate surface area is 64.0 Å². The molecule has 0 saturated heterocycles. The van der Waals surface area contributed by atoms with Gasteiger partial charge in [-0.1, -0.05) is 13.3 Å². The molecule has 0 amide bonds. The molecule has 0 aromatic rings. The SMILES string of the molecule is CCCCO.Cl.[GaH3]. The van der Waals surface area contributed by atoms with E-state index >= 15 is 0 Å². The van der Waals surface area contributed by atoms with Crippen molar-refractivity contribution >= 4 is 32.2 Å². The van der Waals surface area contributed by atoms with E-state index in [0.717, 1.165) is 12.8 Å². The van der Waals surface area contributed by atoms with Gasteiger partial charge >= 0.3 is 19.8 Å². The van der Waals surface area contributed by atoms with Crippen LogP contribution in [-0.4, -0.2) is 31.5 Å².